The number of nitrogens with zero attached hydrogens (tertiary/aromatic N) is 2. The minimum Gasteiger partial charge on any atom is -0.268 e. The monoisotopic (exact) mass is 286 g/mol. The minimum absolute atomic E-state index is 0.965. The van der Waals surface area contributed by atoms with Crippen LogP contribution in [-0.2, 0) is 0 Å². The summed E-state index contributed by atoms with van der Waals surface area (Å²) in [4.78, 5) is 0. The van der Waals surface area contributed by atoms with Gasteiger partial charge in [0.2, 0.25) is 0 Å². The molecule has 0 fully saturated rings. The maximum Gasteiger partial charge on any atom is 0.0980 e. The van der Waals surface area contributed by atoms with Crippen molar-refractivity contribution in [1.29, 1.82) is 0 Å². The molecule has 0 aromatic heterocycles. The largest absolute Gasteiger partial charge is 0.268 e. The molecule has 0 heterocycles. The van der Waals surface area contributed by atoms with Crippen LogP contribution in [0.25, 0.3) is 0 Å². The summed E-state index contributed by atoms with van der Waals surface area (Å²) in [6, 6.07) is 30.7. The van der Waals surface area contributed by atoms with E-state index in [0.717, 1.165) is 22.5 Å². The second kappa shape index (κ2) is 6.72. The van der Waals surface area contributed by atoms with Gasteiger partial charge in [0.25, 0.3) is 0 Å². The molecule has 0 radical (unpaired) electrons. The van der Waals surface area contributed by atoms with Crippen LogP contribution in [0.4, 0.5) is 5.69 Å². The molecule has 0 amide bonds. The lowest BCUT2D eigenvalue weighted by Crippen LogP contribution is -2.15. The second-order valence-electron chi connectivity index (χ2n) is 5.04. The molecular formula is C20H18N2. The molecule has 0 N–H and O–H groups in total. The first-order valence-electron chi connectivity index (χ1n) is 7.33. The van der Waals surface area contributed by atoms with Crippen molar-refractivity contribution >= 4 is 11.4 Å². The van der Waals surface area contributed by atoms with E-state index in [2.05, 4.69) is 36.4 Å². The van der Waals surface area contributed by atoms with Gasteiger partial charge in [0.1, 0.15) is 0 Å². The van der Waals surface area contributed by atoms with E-state index in [-0.39, 0.29) is 0 Å². The van der Waals surface area contributed by atoms with Crippen LogP contribution in [0.1, 0.15) is 11.1 Å². The Kier molecular flexibility index (Phi) is 4.30. The Bertz CT molecular complexity index is 693. The molecule has 2 heteroatoms. The van der Waals surface area contributed by atoms with E-state index in [0.29, 0.717) is 0 Å². The molecule has 3 rings (SSSR count). The van der Waals surface area contributed by atoms with E-state index >= 15 is 0 Å². The lowest BCUT2D eigenvalue weighted by atomic mass is 10.0. The minimum atomic E-state index is 0.965. The maximum atomic E-state index is 4.84. The summed E-state index contributed by atoms with van der Waals surface area (Å²) in [5.41, 5.74) is 4.24. The second-order valence-corrected chi connectivity index (χ2v) is 5.04. The molecule has 0 aliphatic heterocycles. The van der Waals surface area contributed by atoms with Gasteiger partial charge in [-0.25, -0.2) is 0 Å². The summed E-state index contributed by atoms with van der Waals surface area (Å²) in [5, 5.41) is 6.75. The first-order valence-corrected chi connectivity index (χ1v) is 7.33. The van der Waals surface area contributed by atoms with Gasteiger partial charge in [0.05, 0.1) is 11.4 Å². The molecule has 0 saturated carbocycles. The summed E-state index contributed by atoms with van der Waals surface area (Å²) in [6.07, 6.45) is 0. The Morgan fingerprint density at radius 2 is 1.05 bits per heavy atom. The summed E-state index contributed by atoms with van der Waals surface area (Å²) in [5.74, 6) is 0. The molecule has 3 aromatic carbocycles. The molecule has 0 bridgehead atoms. The average molecular weight is 286 g/mol. The number of hydrazone groups is 1. The van der Waals surface area contributed by atoms with Crippen LogP contribution in [0.2, 0.25) is 0 Å². The van der Waals surface area contributed by atoms with Crippen LogP contribution in [-0.4, -0.2) is 12.8 Å². The first-order chi connectivity index (χ1) is 10.8. The molecule has 0 spiro atoms. The molecule has 22 heavy (non-hydrogen) atoms. The Hall–Kier alpha value is -2.87. The fourth-order valence-electron chi connectivity index (χ4n) is 2.33. The highest BCUT2D eigenvalue weighted by Gasteiger charge is 2.08. The van der Waals surface area contributed by atoms with Gasteiger partial charge in [-0.05, 0) is 12.1 Å². The van der Waals surface area contributed by atoms with Crippen LogP contribution in [0.15, 0.2) is 96.1 Å². The van der Waals surface area contributed by atoms with Crippen molar-refractivity contribution in [2.45, 2.75) is 0 Å². The van der Waals surface area contributed by atoms with E-state index < -0.39 is 0 Å². The van der Waals surface area contributed by atoms with Gasteiger partial charge in [-0.15, -0.1) is 0 Å². The SMILES string of the molecule is CN(N=C(c1ccccc1)c1ccccc1)c1ccccc1. The van der Waals surface area contributed by atoms with Crippen LogP contribution in [0.3, 0.4) is 0 Å². The number of rotatable bonds is 4. The highest BCUT2D eigenvalue weighted by atomic mass is 15.4. The zero-order valence-corrected chi connectivity index (χ0v) is 12.6. The third-order valence-corrected chi connectivity index (χ3v) is 3.47. The number of anilines is 1. The molecular weight excluding hydrogens is 268 g/mol. The van der Waals surface area contributed by atoms with Gasteiger partial charge < -0.3 is 0 Å². The average Bonchev–Trinajstić information content (AvgIpc) is 2.62. The number of para-hydroxylation sites is 1. The first kappa shape index (κ1) is 14.1. The Morgan fingerprint density at radius 3 is 1.50 bits per heavy atom. The molecule has 3 aromatic rings. The van der Waals surface area contributed by atoms with Crippen molar-refractivity contribution in [3.63, 3.8) is 0 Å². The van der Waals surface area contributed by atoms with E-state index in [1.165, 1.54) is 0 Å². The summed E-state index contributed by atoms with van der Waals surface area (Å²) in [7, 11) is 1.97. The zero-order valence-electron chi connectivity index (χ0n) is 12.6. The van der Waals surface area contributed by atoms with Crippen LogP contribution in [0, 0.1) is 0 Å². The van der Waals surface area contributed by atoms with Crippen molar-refractivity contribution in [2.75, 3.05) is 12.1 Å². The number of benzene rings is 3. The van der Waals surface area contributed by atoms with Gasteiger partial charge in [0, 0.05) is 18.2 Å². The summed E-state index contributed by atoms with van der Waals surface area (Å²) >= 11 is 0. The molecule has 0 aliphatic rings. The molecule has 0 unspecified atom stereocenters. The third-order valence-electron chi connectivity index (χ3n) is 3.47. The Balaban J connectivity index is 2.04. The molecule has 0 saturated heterocycles. The number of hydrogen-bond acceptors (Lipinski definition) is 2. The van der Waals surface area contributed by atoms with Crippen molar-refractivity contribution in [3.8, 4) is 0 Å². The van der Waals surface area contributed by atoms with Crippen LogP contribution >= 0.6 is 0 Å². The zero-order chi connectivity index (χ0) is 15.2. The van der Waals surface area contributed by atoms with Gasteiger partial charge in [-0.3, -0.25) is 5.01 Å². The highest BCUT2D eigenvalue weighted by Crippen LogP contribution is 2.16. The van der Waals surface area contributed by atoms with Crippen molar-refractivity contribution in [2.24, 2.45) is 5.10 Å². The predicted molar refractivity (Wildman–Crippen MR) is 93.4 cm³/mol. The van der Waals surface area contributed by atoms with Crippen molar-refractivity contribution < 1.29 is 0 Å². The summed E-state index contributed by atoms with van der Waals surface area (Å²) in [6.45, 7) is 0. The van der Waals surface area contributed by atoms with Gasteiger partial charge in [-0.1, -0.05) is 78.9 Å². The summed E-state index contributed by atoms with van der Waals surface area (Å²) < 4.78 is 0. The number of hydrogen-bond donors (Lipinski definition) is 0. The Morgan fingerprint density at radius 1 is 0.636 bits per heavy atom. The fraction of sp³-hybridized carbons (Fsp3) is 0.0500. The van der Waals surface area contributed by atoms with Gasteiger partial charge in [0.15, 0.2) is 0 Å². The van der Waals surface area contributed by atoms with Crippen molar-refractivity contribution in [3.05, 3.63) is 102 Å². The molecule has 2 nitrogen and oxygen atoms in total. The third kappa shape index (κ3) is 3.23. The quantitative estimate of drug-likeness (QED) is 0.506. The van der Waals surface area contributed by atoms with E-state index in [4.69, 9.17) is 5.10 Å². The van der Waals surface area contributed by atoms with Crippen LogP contribution < -0.4 is 5.01 Å². The lowest BCUT2D eigenvalue weighted by Gasteiger charge is -2.16. The van der Waals surface area contributed by atoms with E-state index in [1.807, 2.05) is 66.7 Å². The van der Waals surface area contributed by atoms with Gasteiger partial charge >= 0.3 is 0 Å². The fourth-order valence-corrected chi connectivity index (χ4v) is 2.33. The molecule has 0 atom stereocenters. The molecule has 108 valence electrons. The normalized spacial score (nSPS) is 10.0. The topological polar surface area (TPSA) is 15.6 Å². The van der Waals surface area contributed by atoms with Gasteiger partial charge in [-0.2, -0.15) is 5.10 Å². The Labute approximate surface area is 131 Å². The highest BCUT2D eigenvalue weighted by molar-refractivity contribution is 6.13. The smallest absolute Gasteiger partial charge is 0.0980 e. The van der Waals surface area contributed by atoms with E-state index in [9.17, 15) is 0 Å². The van der Waals surface area contributed by atoms with Crippen LogP contribution in [0.5, 0.6) is 0 Å². The van der Waals surface area contributed by atoms with Crippen molar-refractivity contribution in [1.82, 2.24) is 0 Å². The standard InChI is InChI=1S/C20H18N2/c1-22(19-15-9-4-10-16-19)21-20(17-11-5-2-6-12-17)18-13-7-3-8-14-18/h2-16H,1H3. The molecule has 0 aliphatic carbocycles. The van der Waals surface area contributed by atoms with E-state index in [1.54, 1.807) is 0 Å². The lowest BCUT2D eigenvalue weighted by molar-refractivity contribution is 1.02. The predicted octanol–water partition coefficient (Wildman–Crippen LogP) is 4.58. The maximum absolute atomic E-state index is 4.84.